The molecule has 2 aliphatic rings. The maximum absolute atomic E-state index is 12.8. The second-order valence-electron chi connectivity index (χ2n) is 7.24. The highest BCUT2D eigenvalue weighted by atomic mass is 16.2. The van der Waals surface area contributed by atoms with Crippen molar-refractivity contribution in [2.75, 3.05) is 13.1 Å². The predicted octanol–water partition coefficient (Wildman–Crippen LogP) is 2.49. The zero-order valence-corrected chi connectivity index (χ0v) is 14.8. The van der Waals surface area contributed by atoms with Crippen molar-refractivity contribution in [3.63, 3.8) is 0 Å². The molecule has 132 valence electrons. The molecule has 2 heterocycles. The minimum absolute atomic E-state index is 0.0575. The number of nitrogens with zero attached hydrogens (tertiary/aromatic N) is 3. The summed E-state index contributed by atoms with van der Waals surface area (Å²) < 4.78 is 1.93. The van der Waals surface area contributed by atoms with Gasteiger partial charge in [0, 0.05) is 0 Å². The van der Waals surface area contributed by atoms with E-state index < -0.39 is 0 Å². The van der Waals surface area contributed by atoms with Gasteiger partial charge in [-0.3, -0.25) is 4.79 Å². The molecule has 0 radical (unpaired) electrons. The first-order valence-corrected chi connectivity index (χ1v) is 9.17. The molecule has 0 bridgehead atoms. The molecule has 25 heavy (non-hydrogen) atoms. The van der Waals surface area contributed by atoms with Crippen LogP contribution in [0.2, 0.25) is 0 Å². The van der Waals surface area contributed by atoms with Gasteiger partial charge < -0.3 is 10.6 Å². The smallest absolute Gasteiger partial charge is 0.274 e. The van der Waals surface area contributed by atoms with E-state index in [1.165, 1.54) is 11.1 Å². The summed E-state index contributed by atoms with van der Waals surface area (Å²) in [5.74, 6) is 0.347. The van der Waals surface area contributed by atoms with Crippen LogP contribution in [0.4, 0.5) is 0 Å². The number of carbonyl (C=O) groups excluding carboxylic acids is 1. The SMILES string of the molecule is Cc1c(C(=O)N[C@@H]2C[C@@H](C)c3ccccc32)nnn1C1CCNCC1. The summed E-state index contributed by atoms with van der Waals surface area (Å²) in [6.07, 6.45) is 2.99. The normalized spacial score (nSPS) is 23.4. The van der Waals surface area contributed by atoms with E-state index in [0.29, 0.717) is 17.7 Å². The van der Waals surface area contributed by atoms with Gasteiger partial charge in [-0.2, -0.15) is 0 Å². The maximum Gasteiger partial charge on any atom is 0.274 e. The zero-order chi connectivity index (χ0) is 17.4. The monoisotopic (exact) mass is 339 g/mol. The van der Waals surface area contributed by atoms with E-state index in [-0.39, 0.29) is 11.9 Å². The van der Waals surface area contributed by atoms with Crippen LogP contribution in [0.3, 0.4) is 0 Å². The number of carbonyl (C=O) groups is 1. The molecule has 1 aliphatic carbocycles. The van der Waals surface area contributed by atoms with Crippen LogP contribution in [-0.2, 0) is 0 Å². The lowest BCUT2D eigenvalue weighted by Crippen LogP contribution is -2.31. The average Bonchev–Trinajstić information content (AvgIpc) is 3.17. The molecule has 2 N–H and O–H groups in total. The molecule has 1 aromatic carbocycles. The minimum Gasteiger partial charge on any atom is -0.344 e. The highest BCUT2D eigenvalue weighted by Gasteiger charge is 2.30. The zero-order valence-electron chi connectivity index (χ0n) is 14.8. The molecule has 1 saturated heterocycles. The van der Waals surface area contributed by atoms with Crippen molar-refractivity contribution in [3.05, 3.63) is 46.8 Å². The first kappa shape index (κ1) is 16.3. The van der Waals surface area contributed by atoms with E-state index in [2.05, 4.69) is 46.1 Å². The van der Waals surface area contributed by atoms with Gasteiger partial charge in [0.25, 0.3) is 5.91 Å². The van der Waals surface area contributed by atoms with Crippen LogP contribution < -0.4 is 10.6 Å². The molecule has 4 rings (SSSR count). The van der Waals surface area contributed by atoms with Crippen LogP contribution in [0.5, 0.6) is 0 Å². The molecular formula is C19H25N5O. The third-order valence-corrected chi connectivity index (χ3v) is 5.59. The van der Waals surface area contributed by atoms with Gasteiger partial charge in [0.2, 0.25) is 0 Å². The van der Waals surface area contributed by atoms with E-state index >= 15 is 0 Å². The van der Waals surface area contributed by atoms with Gasteiger partial charge in [-0.15, -0.1) is 5.10 Å². The third kappa shape index (κ3) is 2.95. The lowest BCUT2D eigenvalue weighted by Gasteiger charge is -2.23. The van der Waals surface area contributed by atoms with Gasteiger partial charge in [-0.05, 0) is 56.3 Å². The number of rotatable bonds is 3. The second kappa shape index (κ2) is 6.59. The van der Waals surface area contributed by atoms with Crippen molar-refractivity contribution in [1.82, 2.24) is 25.6 Å². The Hall–Kier alpha value is -2.21. The molecule has 0 spiro atoms. The van der Waals surface area contributed by atoms with Gasteiger partial charge in [-0.25, -0.2) is 4.68 Å². The molecular weight excluding hydrogens is 314 g/mol. The predicted molar refractivity (Wildman–Crippen MR) is 95.6 cm³/mol. The fraction of sp³-hybridized carbons (Fsp3) is 0.526. The van der Waals surface area contributed by atoms with Crippen molar-refractivity contribution in [2.45, 2.75) is 51.1 Å². The van der Waals surface area contributed by atoms with Crippen LogP contribution in [0.15, 0.2) is 24.3 Å². The molecule has 6 heteroatoms. The summed E-state index contributed by atoms with van der Waals surface area (Å²) >= 11 is 0. The second-order valence-corrected chi connectivity index (χ2v) is 7.24. The lowest BCUT2D eigenvalue weighted by molar-refractivity contribution is 0.0930. The van der Waals surface area contributed by atoms with Crippen LogP contribution in [-0.4, -0.2) is 34.0 Å². The van der Waals surface area contributed by atoms with E-state index in [1.807, 2.05) is 17.7 Å². The number of hydrogen-bond acceptors (Lipinski definition) is 4. The van der Waals surface area contributed by atoms with E-state index in [0.717, 1.165) is 38.0 Å². The Bertz CT molecular complexity index is 778. The van der Waals surface area contributed by atoms with Crippen LogP contribution >= 0.6 is 0 Å². The Kier molecular flexibility index (Phi) is 4.29. The minimum atomic E-state index is -0.119. The Morgan fingerprint density at radius 3 is 2.72 bits per heavy atom. The lowest BCUT2D eigenvalue weighted by atomic mass is 10.0. The van der Waals surface area contributed by atoms with Crippen molar-refractivity contribution in [2.24, 2.45) is 0 Å². The van der Waals surface area contributed by atoms with Crippen molar-refractivity contribution < 1.29 is 4.79 Å². The number of hydrogen-bond donors (Lipinski definition) is 2. The first-order chi connectivity index (χ1) is 12.1. The fourth-order valence-corrected chi connectivity index (χ4v) is 4.20. The highest BCUT2D eigenvalue weighted by molar-refractivity contribution is 5.93. The van der Waals surface area contributed by atoms with Gasteiger partial charge in [0.15, 0.2) is 5.69 Å². The summed E-state index contributed by atoms with van der Waals surface area (Å²) in [4.78, 5) is 12.8. The Morgan fingerprint density at radius 2 is 1.96 bits per heavy atom. The molecule has 0 unspecified atom stereocenters. The summed E-state index contributed by atoms with van der Waals surface area (Å²) in [7, 11) is 0. The Balaban J connectivity index is 1.52. The van der Waals surface area contributed by atoms with Crippen LogP contribution in [0.1, 0.15) is 71.5 Å². The molecule has 1 amide bonds. The third-order valence-electron chi connectivity index (χ3n) is 5.59. The molecule has 2 aromatic rings. The summed E-state index contributed by atoms with van der Waals surface area (Å²) in [5.41, 5.74) is 3.88. The number of nitrogens with one attached hydrogen (secondary N) is 2. The maximum atomic E-state index is 12.8. The number of fused-ring (bicyclic) bond motifs is 1. The van der Waals surface area contributed by atoms with Crippen molar-refractivity contribution >= 4 is 5.91 Å². The standard InChI is InChI=1S/C19H25N5O/c1-12-11-17(16-6-4-3-5-15(12)16)21-19(25)18-13(2)24(23-22-18)14-7-9-20-10-8-14/h3-6,12,14,17,20H,7-11H2,1-2H3,(H,21,25)/t12-,17-/m1/s1. The van der Waals surface area contributed by atoms with Gasteiger partial charge in [0.05, 0.1) is 17.8 Å². The molecule has 0 saturated carbocycles. The molecule has 6 nitrogen and oxygen atoms in total. The highest BCUT2D eigenvalue weighted by Crippen LogP contribution is 2.39. The van der Waals surface area contributed by atoms with Crippen LogP contribution in [0, 0.1) is 6.92 Å². The summed E-state index contributed by atoms with van der Waals surface area (Å²) in [6.45, 7) is 6.14. The number of benzene rings is 1. The van der Waals surface area contributed by atoms with E-state index in [9.17, 15) is 4.79 Å². The topological polar surface area (TPSA) is 71.8 Å². The molecule has 2 atom stereocenters. The Labute approximate surface area is 148 Å². The van der Waals surface area contributed by atoms with Gasteiger partial charge in [-0.1, -0.05) is 36.4 Å². The van der Waals surface area contributed by atoms with Gasteiger partial charge >= 0.3 is 0 Å². The van der Waals surface area contributed by atoms with Gasteiger partial charge in [0.1, 0.15) is 0 Å². The van der Waals surface area contributed by atoms with Crippen molar-refractivity contribution in [1.29, 1.82) is 0 Å². The Morgan fingerprint density at radius 1 is 1.24 bits per heavy atom. The van der Waals surface area contributed by atoms with Crippen molar-refractivity contribution in [3.8, 4) is 0 Å². The van der Waals surface area contributed by atoms with Crippen LogP contribution in [0.25, 0.3) is 0 Å². The number of piperidine rings is 1. The largest absolute Gasteiger partial charge is 0.344 e. The molecule has 1 aliphatic heterocycles. The van der Waals surface area contributed by atoms with E-state index in [4.69, 9.17) is 0 Å². The number of aromatic nitrogens is 3. The van der Waals surface area contributed by atoms with E-state index in [1.54, 1.807) is 0 Å². The summed E-state index contributed by atoms with van der Waals surface area (Å²) in [5, 5.41) is 15.0. The summed E-state index contributed by atoms with van der Waals surface area (Å²) in [6, 6.07) is 8.76. The number of amides is 1. The quantitative estimate of drug-likeness (QED) is 0.901. The average molecular weight is 339 g/mol. The molecule has 1 fully saturated rings. The fourth-order valence-electron chi connectivity index (χ4n) is 4.20. The molecule has 1 aromatic heterocycles. The first-order valence-electron chi connectivity index (χ1n) is 9.17.